The third-order valence-electron chi connectivity index (χ3n) is 3.72. The first kappa shape index (κ1) is 12.7. The van der Waals surface area contributed by atoms with E-state index in [4.69, 9.17) is 5.73 Å². The smallest absolute Gasteiger partial charge is 0.205 e. The third-order valence-corrected chi connectivity index (χ3v) is 3.72. The number of nitrogens with zero attached hydrogens (tertiary/aromatic N) is 2. The van der Waals surface area contributed by atoms with E-state index in [2.05, 4.69) is 56.1 Å². The SMILES string of the molecule is Cc1cccc2nc(N)n(-c3ccc(C(C)C)cc3)c12. The van der Waals surface area contributed by atoms with E-state index in [1.165, 1.54) is 11.1 Å². The highest BCUT2D eigenvalue weighted by Crippen LogP contribution is 2.26. The number of aryl methyl sites for hydroxylation is 1. The molecule has 2 N–H and O–H groups in total. The lowest BCUT2D eigenvalue weighted by Gasteiger charge is -2.10. The highest BCUT2D eigenvalue weighted by atomic mass is 15.2. The number of hydrogen-bond donors (Lipinski definition) is 1. The van der Waals surface area contributed by atoms with Crippen molar-refractivity contribution in [1.82, 2.24) is 9.55 Å². The number of rotatable bonds is 2. The van der Waals surface area contributed by atoms with E-state index in [-0.39, 0.29) is 0 Å². The van der Waals surface area contributed by atoms with E-state index < -0.39 is 0 Å². The van der Waals surface area contributed by atoms with E-state index >= 15 is 0 Å². The van der Waals surface area contributed by atoms with Crippen LogP contribution in [0.1, 0.15) is 30.9 Å². The lowest BCUT2D eigenvalue weighted by molar-refractivity contribution is 0.865. The summed E-state index contributed by atoms with van der Waals surface area (Å²) in [7, 11) is 0. The Balaban J connectivity index is 2.21. The summed E-state index contributed by atoms with van der Waals surface area (Å²) >= 11 is 0. The van der Waals surface area contributed by atoms with Crippen molar-refractivity contribution >= 4 is 17.0 Å². The van der Waals surface area contributed by atoms with Crippen molar-refractivity contribution in [3.63, 3.8) is 0 Å². The molecule has 3 aromatic rings. The summed E-state index contributed by atoms with van der Waals surface area (Å²) in [4.78, 5) is 4.45. The van der Waals surface area contributed by atoms with Crippen molar-refractivity contribution in [3.8, 4) is 5.69 Å². The minimum Gasteiger partial charge on any atom is -0.369 e. The Hall–Kier alpha value is -2.29. The van der Waals surface area contributed by atoms with Gasteiger partial charge in [0, 0.05) is 5.69 Å². The summed E-state index contributed by atoms with van der Waals surface area (Å²) in [5, 5.41) is 0. The normalized spacial score (nSPS) is 11.4. The minimum absolute atomic E-state index is 0.530. The molecule has 0 unspecified atom stereocenters. The fraction of sp³-hybridized carbons (Fsp3) is 0.235. The topological polar surface area (TPSA) is 43.8 Å². The summed E-state index contributed by atoms with van der Waals surface area (Å²) in [6.45, 7) is 6.47. The van der Waals surface area contributed by atoms with Crippen LogP contribution in [0.2, 0.25) is 0 Å². The fourth-order valence-corrected chi connectivity index (χ4v) is 2.58. The predicted molar refractivity (Wildman–Crippen MR) is 84.3 cm³/mol. The first-order valence-electron chi connectivity index (χ1n) is 6.92. The average molecular weight is 265 g/mol. The molecule has 3 heteroatoms. The molecule has 0 aliphatic carbocycles. The van der Waals surface area contributed by atoms with Gasteiger partial charge in [-0.3, -0.25) is 4.57 Å². The molecule has 0 atom stereocenters. The molecule has 0 radical (unpaired) electrons. The molecule has 0 bridgehead atoms. The number of fused-ring (bicyclic) bond motifs is 1. The van der Waals surface area contributed by atoms with Gasteiger partial charge in [0.25, 0.3) is 0 Å². The molecular weight excluding hydrogens is 246 g/mol. The molecule has 0 fully saturated rings. The van der Waals surface area contributed by atoms with Gasteiger partial charge >= 0.3 is 0 Å². The van der Waals surface area contributed by atoms with Gasteiger partial charge in [-0.1, -0.05) is 38.1 Å². The van der Waals surface area contributed by atoms with Gasteiger partial charge in [0.05, 0.1) is 11.0 Å². The lowest BCUT2D eigenvalue weighted by Crippen LogP contribution is -2.01. The molecule has 1 heterocycles. The largest absolute Gasteiger partial charge is 0.369 e. The minimum atomic E-state index is 0.530. The molecule has 3 rings (SSSR count). The first-order chi connectivity index (χ1) is 9.58. The Kier molecular flexibility index (Phi) is 2.97. The molecule has 2 aromatic carbocycles. The van der Waals surface area contributed by atoms with E-state index in [1.807, 2.05) is 16.7 Å². The fourth-order valence-electron chi connectivity index (χ4n) is 2.58. The number of aromatic nitrogens is 2. The van der Waals surface area contributed by atoms with Crippen LogP contribution in [0, 0.1) is 6.92 Å². The van der Waals surface area contributed by atoms with Gasteiger partial charge < -0.3 is 5.73 Å². The van der Waals surface area contributed by atoms with Crippen molar-refractivity contribution in [1.29, 1.82) is 0 Å². The van der Waals surface area contributed by atoms with Crippen LogP contribution in [-0.2, 0) is 0 Å². The number of benzene rings is 2. The van der Waals surface area contributed by atoms with Crippen LogP contribution < -0.4 is 5.73 Å². The van der Waals surface area contributed by atoms with Gasteiger partial charge in [-0.2, -0.15) is 0 Å². The molecule has 0 saturated carbocycles. The van der Waals surface area contributed by atoms with Crippen molar-refractivity contribution in [2.24, 2.45) is 0 Å². The molecule has 102 valence electrons. The number of anilines is 1. The Labute approximate surface area is 119 Å². The lowest BCUT2D eigenvalue weighted by atomic mass is 10.0. The van der Waals surface area contributed by atoms with Crippen molar-refractivity contribution in [2.45, 2.75) is 26.7 Å². The maximum absolute atomic E-state index is 6.10. The van der Waals surface area contributed by atoms with Crippen LogP contribution >= 0.6 is 0 Å². The monoisotopic (exact) mass is 265 g/mol. The van der Waals surface area contributed by atoms with Crippen LogP contribution in [0.5, 0.6) is 0 Å². The van der Waals surface area contributed by atoms with Crippen LogP contribution in [0.3, 0.4) is 0 Å². The number of imidazole rings is 1. The predicted octanol–water partition coefficient (Wildman–Crippen LogP) is 4.04. The first-order valence-corrected chi connectivity index (χ1v) is 6.92. The summed E-state index contributed by atoms with van der Waals surface area (Å²) < 4.78 is 2.02. The second-order valence-corrected chi connectivity index (χ2v) is 5.49. The van der Waals surface area contributed by atoms with Crippen LogP contribution in [0.4, 0.5) is 5.95 Å². The van der Waals surface area contributed by atoms with Gasteiger partial charge in [0.2, 0.25) is 5.95 Å². The maximum atomic E-state index is 6.10. The number of para-hydroxylation sites is 1. The zero-order chi connectivity index (χ0) is 14.3. The molecular formula is C17H19N3. The third kappa shape index (κ3) is 1.95. The standard InChI is InChI=1S/C17H19N3/c1-11(2)13-7-9-14(10-8-13)20-16-12(3)5-4-6-15(16)19-17(20)18/h4-11H,1-3H3,(H2,18,19). The molecule has 0 spiro atoms. The van der Waals surface area contributed by atoms with Gasteiger partial charge in [0.1, 0.15) is 0 Å². The summed E-state index contributed by atoms with van der Waals surface area (Å²) in [6, 6.07) is 14.6. The Bertz CT molecular complexity index is 752. The molecule has 20 heavy (non-hydrogen) atoms. The summed E-state index contributed by atoms with van der Waals surface area (Å²) in [6.07, 6.45) is 0. The Morgan fingerprint density at radius 1 is 1.05 bits per heavy atom. The average Bonchev–Trinajstić information content (AvgIpc) is 2.76. The van der Waals surface area contributed by atoms with Gasteiger partial charge in [-0.15, -0.1) is 0 Å². The second kappa shape index (κ2) is 4.67. The summed E-state index contributed by atoms with van der Waals surface area (Å²) in [5.74, 6) is 1.06. The Morgan fingerprint density at radius 3 is 2.40 bits per heavy atom. The van der Waals surface area contributed by atoms with E-state index in [9.17, 15) is 0 Å². The van der Waals surface area contributed by atoms with Gasteiger partial charge in [-0.05, 0) is 42.2 Å². The van der Waals surface area contributed by atoms with Crippen molar-refractivity contribution < 1.29 is 0 Å². The van der Waals surface area contributed by atoms with Gasteiger partial charge in [-0.25, -0.2) is 4.98 Å². The van der Waals surface area contributed by atoms with Crippen molar-refractivity contribution in [3.05, 3.63) is 53.6 Å². The molecule has 0 amide bonds. The van der Waals surface area contributed by atoms with Crippen LogP contribution in [0.25, 0.3) is 16.7 Å². The number of nitrogens with two attached hydrogens (primary N) is 1. The Morgan fingerprint density at radius 2 is 1.75 bits per heavy atom. The molecule has 1 aromatic heterocycles. The van der Waals surface area contributed by atoms with E-state index in [0.717, 1.165) is 16.7 Å². The highest BCUT2D eigenvalue weighted by molar-refractivity contribution is 5.83. The van der Waals surface area contributed by atoms with Gasteiger partial charge in [0.15, 0.2) is 0 Å². The van der Waals surface area contributed by atoms with E-state index in [1.54, 1.807) is 0 Å². The molecule has 0 aliphatic rings. The number of hydrogen-bond acceptors (Lipinski definition) is 2. The molecule has 3 nitrogen and oxygen atoms in total. The van der Waals surface area contributed by atoms with Crippen LogP contribution in [0.15, 0.2) is 42.5 Å². The second-order valence-electron chi connectivity index (χ2n) is 5.49. The maximum Gasteiger partial charge on any atom is 0.205 e. The zero-order valence-corrected chi connectivity index (χ0v) is 12.1. The quantitative estimate of drug-likeness (QED) is 0.760. The van der Waals surface area contributed by atoms with Crippen LogP contribution in [-0.4, -0.2) is 9.55 Å². The number of nitrogen functional groups attached to an aromatic ring is 1. The van der Waals surface area contributed by atoms with Crippen molar-refractivity contribution in [2.75, 3.05) is 5.73 Å². The molecule has 0 saturated heterocycles. The molecule has 0 aliphatic heterocycles. The van der Waals surface area contributed by atoms with E-state index in [0.29, 0.717) is 11.9 Å². The zero-order valence-electron chi connectivity index (χ0n) is 12.1. The highest BCUT2D eigenvalue weighted by Gasteiger charge is 2.11. The summed E-state index contributed by atoms with van der Waals surface area (Å²) in [5.41, 5.74) is 11.7.